The molecule has 0 fully saturated rings. The van der Waals surface area contributed by atoms with Crippen LogP contribution in [-0.2, 0) is 17.8 Å². The van der Waals surface area contributed by atoms with Crippen molar-refractivity contribution in [2.75, 3.05) is 0 Å². The molecule has 1 heterocycles. The first-order chi connectivity index (χ1) is 7.79. The molecule has 1 amide bonds. The first kappa shape index (κ1) is 13.7. The Morgan fingerprint density at radius 2 is 2.06 bits per heavy atom. The minimum absolute atomic E-state index is 0.477. The molecule has 1 aromatic heterocycles. The highest BCUT2D eigenvalue weighted by molar-refractivity contribution is 5.83. The molecule has 0 aliphatic carbocycles. The van der Waals surface area contributed by atoms with Crippen LogP contribution in [-0.4, -0.2) is 21.2 Å². The van der Waals surface area contributed by atoms with Crippen LogP contribution < -0.4 is 11.5 Å². The maximum absolute atomic E-state index is 11.1. The summed E-state index contributed by atoms with van der Waals surface area (Å²) in [5, 5.41) is 4.45. The number of rotatable bonds is 5. The summed E-state index contributed by atoms with van der Waals surface area (Å²) in [6.45, 7) is 8.41. The van der Waals surface area contributed by atoms with E-state index in [1.165, 1.54) is 5.56 Å². The zero-order valence-electron chi connectivity index (χ0n) is 11.1. The van der Waals surface area contributed by atoms with Crippen molar-refractivity contribution in [1.29, 1.82) is 0 Å². The molecule has 5 nitrogen and oxygen atoms in total. The van der Waals surface area contributed by atoms with Crippen molar-refractivity contribution in [2.45, 2.75) is 52.6 Å². The van der Waals surface area contributed by atoms with Gasteiger partial charge in [-0.15, -0.1) is 0 Å². The molecule has 0 saturated carbocycles. The number of hydrogen-bond donors (Lipinski definition) is 2. The van der Waals surface area contributed by atoms with Crippen LogP contribution in [0.2, 0.25) is 0 Å². The number of carbonyl (C=O) groups excluding carboxylic acids is 1. The number of nitrogens with zero attached hydrogens (tertiary/aromatic N) is 2. The van der Waals surface area contributed by atoms with Crippen molar-refractivity contribution in [3.63, 3.8) is 0 Å². The van der Waals surface area contributed by atoms with Gasteiger partial charge in [-0.3, -0.25) is 9.48 Å². The first-order valence-corrected chi connectivity index (χ1v) is 5.91. The highest BCUT2D eigenvalue weighted by Crippen LogP contribution is 2.15. The van der Waals surface area contributed by atoms with E-state index >= 15 is 0 Å². The molecule has 1 unspecified atom stereocenters. The lowest BCUT2D eigenvalue weighted by molar-refractivity contribution is -0.122. The number of carbonyl (C=O) groups is 1. The van der Waals surface area contributed by atoms with Gasteiger partial charge >= 0.3 is 0 Å². The van der Waals surface area contributed by atoms with Gasteiger partial charge in [0.25, 0.3) is 0 Å². The monoisotopic (exact) mass is 238 g/mol. The lowest BCUT2D eigenvalue weighted by Crippen LogP contribution is -2.49. The molecule has 0 aliphatic rings. The molecule has 4 N–H and O–H groups in total. The summed E-state index contributed by atoms with van der Waals surface area (Å²) < 4.78 is 1.90. The standard InChI is InChI=1S/C12H22N4O/c1-5-10-8(2)15-16(9(10)3)7-6-12(4,14)11(13)17/h5-7,14H2,1-4H3,(H2,13,17). The predicted molar refractivity (Wildman–Crippen MR) is 67.5 cm³/mol. The van der Waals surface area contributed by atoms with E-state index in [1.807, 2.05) is 18.5 Å². The summed E-state index contributed by atoms with van der Waals surface area (Å²) in [5.74, 6) is -0.477. The van der Waals surface area contributed by atoms with Crippen LogP contribution in [0.25, 0.3) is 0 Å². The van der Waals surface area contributed by atoms with Crippen LogP contribution in [0.4, 0.5) is 0 Å². The third-order valence-corrected chi connectivity index (χ3v) is 3.29. The Kier molecular flexibility index (Phi) is 3.93. The Morgan fingerprint density at radius 3 is 2.47 bits per heavy atom. The van der Waals surface area contributed by atoms with Crippen LogP contribution in [0.15, 0.2) is 0 Å². The molecular weight excluding hydrogens is 216 g/mol. The van der Waals surface area contributed by atoms with Gasteiger partial charge in [-0.2, -0.15) is 5.10 Å². The summed E-state index contributed by atoms with van der Waals surface area (Å²) in [6.07, 6.45) is 1.46. The largest absolute Gasteiger partial charge is 0.368 e. The Morgan fingerprint density at radius 1 is 1.47 bits per heavy atom. The minimum atomic E-state index is -0.974. The Labute approximate surface area is 102 Å². The Bertz CT molecular complexity index is 420. The summed E-state index contributed by atoms with van der Waals surface area (Å²) in [6, 6.07) is 0. The average molecular weight is 238 g/mol. The van der Waals surface area contributed by atoms with E-state index in [2.05, 4.69) is 12.0 Å². The van der Waals surface area contributed by atoms with E-state index < -0.39 is 11.4 Å². The van der Waals surface area contributed by atoms with Gasteiger partial charge in [-0.05, 0) is 39.2 Å². The van der Waals surface area contributed by atoms with E-state index in [-0.39, 0.29) is 0 Å². The molecule has 0 radical (unpaired) electrons. The number of hydrogen-bond acceptors (Lipinski definition) is 3. The van der Waals surface area contributed by atoms with Gasteiger partial charge in [0.15, 0.2) is 0 Å². The topological polar surface area (TPSA) is 86.9 Å². The zero-order valence-corrected chi connectivity index (χ0v) is 11.1. The fourth-order valence-electron chi connectivity index (χ4n) is 1.92. The number of aromatic nitrogens is 2. The van der Waals surface area contributed by atoms with Crippen LogP contribution >= 0.6 is 0 Å². The van der Waals surface area contributed by atoms with E-state index in [9.17, 15) is 4.79 Å². The maximum atomic E-state index is 11.1. The molecule has 17 heavy (non-hydrogen) atoms. The van der Waals surface area contributed by atoms with Gasteiger partial charge in [0.05, 0.1) is 11.2 Å². The van der Waals surface area contributed by atoms with E-state index in [1.54, 1.807) is 6.92 Å². The average Bonchev–Trinajstić information content (AvgIpc) is 2.50. The second kappa shape index (κ2) is 4.87. The van der Waals surface area contributed by atoms with Crippen molar-refractivity contribution in [3.05, 3.63) is 17.0 Å². The van der Waals surface area contributed by atoms with Crippen molar-refractivity contribution < 1.29 is 4.79 Å². The first-order valence-electron chi connectivity index (χ1n) is 5.91. The highest BCUT2D eigenvalue weighted by atomic mass is 16.1. The molecule has 0 aliphatic heterocycles. The minimum Gasteiger partial charge on any atom is -0.368 e. The number of aryl methyl sites for hydroxylation is 2. The zero-order chi connectivity index (χ0) is 13.2. The van der Waals surface area contributed by atoms with E-state index in [0.717, 1.165) is 17.8 Å². The van der Waals surface area contributed by atoms with Crippen molar-refractivity contribution in [2.24, 2.45) is 11.5 Å². The van der Waals surface area contributed by atoms with Gasteiger partial charge in [0.2, 0.25) is 5.91 Å². The SMILES string of the molecule is CCc1c(C)nn(CCC(C)(N)C(N)=O)c1C. The van der Waals surface area contributed by atoms with E-state index in [0.29, 0.717) is 13.0 Å². The molecule has 5 heteroatoms. The normalized spacial score (nSPS) is 14.6. The third kappa shape index (κ3) is 2.85. The summed E-state index contributed by atoms with van der Waals surface area (Å²) in [4.78, 5) is 11.1. The maximum Gasteiger partial charge on any atom is 0.237 e. The molecule has 1 aromatic rings. The third-order valence-electron chi connectivity index (χ3n) is 3.29. The van der Waals surface area contributed by atoms with Crippen molar-refractivity contribution in [1.82, 2.24) is 9.78 Å². The number of primary amides is 1. The molecule has 0 aromatic carbocycles. The summed E-state index contributed by atoms with van der Waals surface area (Å²) in [7, 11) is 0. The molecule has 0 spiro atoms. The number of amides is 1. The number of nitrogens with two attached hydrogens (primary N) is 2. The van der Waals surface area contributed by atoms with Crippen LogP contribution in [0.3, 0.4) is 0 Å². The Hall–Kier alpha value is -1.36. The van der Waals surface area contributed by atoms with Gasteiger partial charge in [-0.1, -0.05) is 6.92 Å². The van der Waals surface area contributed by atoms with Crippen molar-refractivity contribution >= 4 is 5.91 Å². The van der Waals surface area contributed by atoms with Crippen LogP contribution in [0.1, 0.15) is 37.2 Å². The van der Waals surface area contributed by atoms with Gasteiger partial charge in [-0.25, -0.2) is 0 Å². The van der Waals surface area contributed by atoms with E-state index in [4.69, 9.17) is 11.5 Å². The molecule has 0 saturated heterocycles. The lowest BCUT2D eigenvalue weighted by atomic mass is 9.99. The highest BCUT2D eigenvalue weighted by Gasteiger charge is 2.25. The molecule has 96 valence electrons. The fourth-order valence-corrected chi connectivity index (χ4v) is 1.92. The fraction of sp³-hybridized carbons (Fsp3) is 0.667. The van der Waals surface area contributed by atoms with Gasteiger partial charge in [0.1, 0.15) is 0 Å². The predicted octanol–water partition coefficient (Wildman–Crippen LogP) is 0.655. The summed E-state index contributed by atoms with van der Waals surface area (Å²) in [5.41, 5.74) is 13.5. The molecular formula is C12H22N4O. The second-order valence-corrected chi connectivity index (χ2v) is 4.76. The van der Waals surface area contributed by atoms with Crippen LogP contribution in [0.5, 0.6) is 0 Å². The quantitative estimate of drug-likeness (QED) is 0.789. The van der Waals surface area contributed by atoms with Crippen molar-refractivity contribution in [3.8, 4) is 0 Å². The Balaban J connectivity index is 2.80. The molecule has 1 rings (SSSR count). The lowest BCUT2D eigenvalue weighted by Gasteiger charge is -2.20. The van der Waals surface area contributed by atoms with Crippen LogP contribution in [0, 0.1) is 13.8 Å². The van der Waals surface area contributed by atoms with Gasteiger partial charge in [0, 0.05) is 12.2 Å². The summed E-state index contributed by atoms with van der Waals surface area (Å²) >= 11 is 0. The molecule has 0 bridgehead atoms. The molecule has 1 atom stereocenters. The van der Waals surface area contributed by atoms with Gasteiger partial charge < -0.3 is 11.5 Å². The second-order valence-electron chi connectivity index (χ2n) is 4.76. The smallest absolute Gasteiger partial charge is 0.237 e.